The molecule has 5 nitrogen and oxygen atoms in total. The summed E-state index contributed by atoms with van der Waals surface area (Å²) < 4.78 is 0. The molecule has 3 aromatic carbocycles. The monoisotopic (exact) mass is 517 g/mol. The predicted octanol–water partition coefficient (Wildman–Crippen LogP) is 5.65. The summed E-state index contributed by atoms with van der Waals surface area (Å²) in [5.41, 5.74) is 4.31. The van der Waals surface area contributed by atoms with Crippen LogP contribution in [0.3, 0.4) is 0 Å². The zero-order valence-electron chi connectivity index (χ0n) is 20.4. The number of aryl methyl sites for hydroxylation is 2. The van der Waals surface area contributed by atoms with E-state index in [1.807, 2.05) is 50.2 Å². The maximum absolute atomic E-state index is 13.8. The highest BCUT2D eigenvalue weighted by Gasteiger charge is 2.43. The van der Waals surface area contributed by atoms with E-state index in [2.05, 4.69) is 34.1 Å². The minimum atomic E-state index is -0.299. The number of piperazine rings is 1. The Labute approximate surface area is 221 Å². The molecule has 2 aliphatic rings. The second-order valence-electron chi connectivity index (χ2n) is 9.22. The van der Waals surface area contributed by atoms with Gasteiger partial charge < -0.3 is 4.90 Å². The molecule has 0 radical (unpaired) electrons. The number of rotatable bonds is 6. The van der Waals surface area contributed by atoms with Crippen molar-refractivity contribution >= 4 is 40.9 Å². The van der Waals surface area contributed by atoms with Gasteiger partial charge >= 0.3 is 0 Å². The van der Waals surface area contributed by atoms with E-state index in [9.17, 15) is 9.59 Å². The van der Waals surface area contributed by atoms with E-state index < -0.39 is 0 Å². The lowest BCUT2D eigenvalue weighted by Crippen LogP contribution is -2.47. The Balaban J connectivity index is 1.42. The SMILES string of the molecule is Cc1ccc(SC2=C(N3CCN(Cc4ccccc4)CC3)C(=O)N(c3ccc(C)c(Cl)c3)C2=O)cc1. The van der Waals surface area contributed by atoms with Crippen LogP contribution in [-0.4, -0.2) is 47.8 Å². The molecule has 0 saturated carbocycles. The highest BCUT2D eigenvalue weighted by molar-refractivity contribution is 8.04. The average molecular weight is 518 g/mol. The number of anilines is 1. The van der Waals surface area contributed by atoms with Crippen LogP contribution in [0.15, 0.2) is 88.3 Å². The molecule has 2 amide bonds. The maximum atomic E-state index is 13.8. The Morgan fingerprint density at radius 2 is 1.53 bits per heavy atom. The molecule has 0 N–H and O–H groups in total. The van der Waals surface area contributed by atoms with Gasteiger partial charge in [0.2, 0.25) is 0 Å². The molecule has 2 heterocycles. The van der Waals surface area contributed by atoms with E-state index in [4.69, 9.17) is 11.6 Å². The van der Waals surface area contributed by atoms with Gasteiger partial charge in [-0.15, -0.1) is 0 Å². The van der Waals surface area contributed by atoms with Gasteiger partial charge in [-0.2, -0.15) is 0 Å². The zero-order chi connectivity index (χ0) is 25.2. The number of carbonyl (C=O) groups excluding carboxylic acids is 2. The molecule has 0 spiro atoms. The van der Waals surface area contributed by atoms with E-state index >= 15 is 0 Å². The van der Waals surface area contributed by atoms with Gasteiger partial charge in [0.25, 0.3) is 11.8 Å². The van der Waals surface area contributed by atoms with Gasteiger partial charge in [-0.05, 0) is 49.2 Å². The first-order chi connectivity index (χ1) is 17.4. The van der Waals surface area contributed by atoms with Gasteiger partial charge in [-0.3, -0.25) is 14.5 Å². The molecule has 1 fully saturated rings. The van der Waals surface area contributed by atoms with Crippen LogP contribution in [0.25, 0.3) is 0 Å². The third-order valence-corrected chi connectivity index (χ3v) is 8.10. The Morgan fingerprint density at radius 3 is 2.19 bits per heavy atom. The molecule has 1 saturated heterocycles. The standard InChI is InChI=1S/C29H28ClN3O2S/c1-20-8-12-24(13-9-20)36-27-26(28(34)33(29(27)35)23-11-10-21(2)25(30)18-23)32-16-14-31(15-17-32)19-22-6-4-3-5-7-22/h3-13,18H,14-17,19H2,1-2H3. The molecule has 3 aromatic rings. The summed E-state index contributed by atoms with van der Waals surface area (Å²) in [5, 5.41) is 0.531. The number of nitrogens with zero attached hydrogens (tertiary/aromatic N) is 3. The van der Waals surface area contributed by atoms with Crippen molar-refractivity contribution < 1.29 is 9.59 Å². The van der Waals surface area contributed by atoms with Crippen LogP contribution in [0.1, 0.15) is 16.7 Å². The van der Waals surface area contributed by atoms with Gasteiger partial charge in [-0.1, -0.05) is 77.5 Å². The number of hydrogen-bond acceptors (Lipinski definition) is 5. The first-order valence-electron chi connectivity index (χ1n) is 12.1. The van der Waals surface area contributed by atoms with Crippen LogP contribution >= 0.6 is 23.4 Å². The topological polar surface area (TPSA) is 43.9 Å². The first kappa shape index (κ1) is 24.6. The van der Waals surface area contributed by atoms with Gasteiger partial charge in [0.15, 0.2) is 0 Å². The third kappa shape index (κ3) is 5.07. The molecular weight excluding hydrogens is 490 g/mol. The maximum Gasteiger partial charge on any atom is 0.283 e. The summed E-state index contributed by atoms with van der Waals surface area (Å²) in [5.74, 6) is -0.585. The normalized spacial score (nSPS) is 16.9. The van der Waals surface area contributed by atoms with Gasteiger partial charge in [0.05, 0.1) is 5.69 Å². The molecule has 2 aliphatic heterocycles. The van der Waals surface area contributed by atoms with Crippen LogP contribution in [0.5, 0.6) is 0 Å². The van der Waals surface area contributed by atoms with Crippen molar-refractivity contribution in [3.05, 3.63) is 105 Å². The summed E-state index contributed by atoms with van der Waals surface area (Å²) in [6.07, 6.45) is 0. The van der Waals surface area contributed by atoms with Gasteiger partial charge in [0, 0.05) is 42.6 Å². The van der Waals surface area contributed by atoms with E-state index in [1.165, 1.54) is 22.2 Å². The fraction of sp³-hybridized carbons (Fsp3) is 0.241. The van der Waals surface area contributed by atoms with Crippen molar-refractivity contribution in [2.45, 2.75) is 25.3 Å². The minimum Gasteiger partial charge on any atom is -0.363 e. The third-order valence-electron chi connectivity index (χ3n) is 6.61. The van der Waals surface area contributed by atoms with Crippen LogP contribution < -0.4 is 4.90 Å². The Hall–Kier alpha value is -3.06. The number of carbonyl (C=O) groups is 2. The molecule has 184 valence electrons. The summed E-state index contributed by atoms with van der Waals surface area (Å²) in [6, 6.07) is 23.7. The average Bonchev–Trinajstić information content (AvgIpc) is 3.12. The lowest BCUT2D eigenvalue weighted by Gasteiger charge is -2.36. The molecule has 36 heavy (non-hydrogen) atoms. The quantitative estimate of drug-likeness (QED) is 0.395. The number of halogens is 1. The van der Waals surface area contributed by atoms with Gasteiger partial charge in [0.1, 0.15) is 10.6 Å². The number of thioether (sulfide) groups is 1. The van der Waals surface area contributed by atoms with E-state index in [0.717, 1.165) is 35.7 Å². The summed E-state index contributed by atoms with van der Waals surface area (Å²) in [6.45, 7) is 7.80. The van der Waals surface area contributed by atoms with E-state index in [-0.39, 0.29) is 11.8 Å². The highest BCUT2D eigenvalue weighted by Crippen LogP contribution is 2.39. The van der Waals surface area contributed by atoms with Crippen molar-refractivity contribution in [3.63, 3.8) is 0 Å². The fourth-order valence-corrected chi connectivity index (χ4v) is 5.69. The lowest BCUT2D eigenvalue weighted by atomic mass is 10.2. The molecule has 5 rings (SSSR count). The number of benzene rings is 3. The number of imide groups is 1. The van der Waals surface area contributed by atoms with Crippen molar-refractivity contribution in [2.24, 2.45) is 0 Å². The van der Waals surface area contributed by atoms with Gasteiger partial charge in [-0.25, -0.2) is 4.90 Å². The van der Waals surface area contributed by atoms with Crippen molar-refractivity contribution in [1.29, 1.82) is 0 Å². The molecule has 0 atom stereocenters. The summed E-state index contributed by atoms with van der Waals surface area (Å²) in [7, 11) is 0. The second kappa shape index (κ2) is 10.5. The van der Waals surface area contributed by atoms with Crippen LogP contribution in [0.2, 0.25) is 5.02 Å². The number of amides is 2. The predicted molar refractivity (Wildman–Crippen MR) is 146 cm³/mol. The summed E-state index contributed by atoms with van der Waals surface area (Å²) in [4.78, 5) is 34.6. The minimum absolute atomic E-state index is 0.286. The van der Waals surface area contributed by atoms with Crippen LogP contribution in [0.4, 0.5) is 5.69 Å². The van der Waals surface area contributed by atoms with E-state index in [0.29, 0.717) is 34.4 Å². The number of hydrogen-bond donors (Lipinski definition) is 0. The highest BCUT2D eigenvalue weighted by atomic mass is 35.5. The van der Waals surface area contributed by atoms with Crippen molar-refractivity contribution in [1.82, 2.24) is 9.80 Å². The van der Waals surface area contributed by atoms with Crippen LogP contribution in [-0.2, 0) is 16.1 Å². The van der Waals surface area contributed by atoms with Crippen LogP contribution in [0, 0.1) is 13.8 Å². The largest absolute Gasteiger partial charge is 0.363 e. The fourth-order valence-electron chi connectivity index (χ4n) is 4.52. The molecule has 0 bridgehead atoms. The van der Waals surface area contributed by atoms with Crippen molar-refractivity contribution in [2.75, 3.05) is 31.1 Å². The molecule has 0 aromatic heterocycles. The Bertz CT molecular complexity index is 1320. The molecule has 7 heteroatoms. The smallest absolute Gasteiger partial charge is 0.283 e. The Morgan fingerprint density at radius 1 is 0.833 bits per heavy atom. The lowest BCUT2D eigenvalue weighted by molar-refractivity contribution is -0.121. The van der Waals surface area contributed by atoms with Crippen molar-refractivity contribution in [3.8, 4) is 0 Å². The molecule has 0 unspecified atom stereocenters. The first-order valence-corrected chi connectivity index (χ1v) is 13.2. The Kier molecular flexibility index (Phi) is 7.19. The second-order valence-corrected chi connectivity index (χ2v) is 10.7. The zero-order valence-corrected chi connectivity index (χ0v) is 22.0. The van der Waals surface area contributed by atoms with E-state index in [1.54, 1.807) is 12.1 Å². The molecule has 0 aliphatic carbocycles. The summed E-state index contributed by atoms with van der Waals surface area (Å²) >= 11 is 7.71. The molecular formula is C29H28ClN3O2S.